The number of hydrogen-bond donors (Lipinski definition) is 0. The Morgan fingerprint density at radius 2 is 0.952 bits per heavy atom. The van der Waals surface area contributed by atoms with E-state index < -0.39 is 41.7 Å². The van der Waals surface area contributed by atoms with Crippen LogP contribution in [0.5, 0.6) is 0 Å². The predicted molar refractivity (Wildman–Crippen MR) is 37.0 cm³/mol. The van der Waals surface area contributed by atoms with E-state index in [0.717, 1.165) is 0 Å². The van der Waals surface area contributed by atoms with E-state index in [0.29, 0.717) is 0 Å². The average molecular weight is 344 g/mol. The summed E-state index contributed by atoms with van der Waals surface area (Å²) >= 11 is 0. The third-order valence-corrected chi connectivity index (χ3v) is 2.01. The average Bonchev–Trinajstić information content (AvgIpc) is 2.22. The van der Waals surface area contributed by atoms with Gasteiger partial charge in [-0.05, 0) is 0 Å². The van der Waals surface area contributed by atoms with Crippen LogP contribution >= 0.6 is 0 Å². The van der Waals surface area contributed by atoms with Crippen molar-refractivity contribution in [2.24, 2.45) is 0 Å². The first-order valence-corrected chi connectivity index (χ1v) is 4.18. The standard InChI is InChI=1S/C7F12O2/c8-2(21)3(9,6(14,15)16)1(20)4(10,11)5(12,13)7(17,18)19. The minimum Gasteiger partial charge on any atom is -0.288 e. The van der Waals surface area contributed by atoms with Gasteiger partial charge >= 0.3 is 35.9 Å². The van der Waals surface area contributed by atoms with Gasteiger partial charge in [-0.25, -0.2) is 4.39 Å². The second kappa shape index (κ2) is 4.76. The van der Waals surface area contributed by atoms with Crippen LogP contribution in [0.4, 0.5) is 52.7 Å². The summed E-state index contributed by atoms with van der Waals surface area (Å²) in [6.07, 6.45) is -14.4. The molecule has 0 rings (SSSR count). The number of carbonyl (C=O) groups excluding carboxylic acids is 2. The molecular formula is C7F12O2. The van der Waals surface area contributed by atoms with Crippen LogP contribution in [0, 0.1) is 0 Å². The van der Waals surface area contributed by atoms with Crippen molar-refractivity contribution in [1.82, 2.24) is 0 Å². The fourth-order valence-corrected chi connectivity index (χ4v) is 0.866. The molecule has 0 aliphatic rings. The molecule has 0 aliphatic carbocycles. The molecular weight excluding hydrogens is 344 g/mol. The zero-order valence-corrected chi connectivity index (χ0v) is 8.85. The first kappa shape index (κ1) is 19.5. The molecule has 0 saturated carbocycles. The van der Waals surface area contributed by atoms with E-state index in [4.69, 9.17) is 0 Å². The molecule has 21 heavy (non-hydrogen) atoms. The number of rotatable bonds is 4. The summed E-state index contributed by atoms with van der Waals surface area (Å²) in [6, 6.07) is -4.52. The molecule has 0 saturated heterocycles. The molecule has 0 spiro atoms. The SMILES string of the molecule is O=C(F)C(F)(C(=O)C(F)(F)C(F)(F)C(F)(F)F)C(F)(F)F. The van der Waals surface area contributed by atoms with Crippen molar-refractivity contribution in [3.05, 3.63) is 0 Å². The van der Waals surface area contributed by atoms with Gasteiger partial charge in [0, 0.05) is 0 Å². The van der Waals surface area contributed by atoms with Crippen molar-refractivity contribution in [1.29, 1.82) is 0 Å². The van der Waals surface area contributed by atoms with Crippen LogP contribution in [-0.4, -0.2) is 41.7 Å². The lowest BCUT2D eigenvalue weighted by atomic mass is 9.92. The summed E-state index contributed by atoms with van der Waals surface area (Å²) in [7, 11) is 0. The van der Waals surface area contributed by atoms with Crippen LogP contribution in [-0.2, 0) is 9.59 Å². The molecule has 124 valence electrons. The Bertz CT molecular complexity index is 446. The summed E-state index contributed by atoms with van der Waals surface area (Å²) in [5, 5.41) is 0. The maximum absolute atomic E-state index is 12.8. The number of carbonyl (C=O) groups is 2. The fraction of sp³-hybridized carbons (Fsp3) is 0.714. The van der Waals surface area contributed by atoms with E-state index in [1.165, 1.54) is 0 Å². The second-order valence-electron chi connectivity index (χ2n) is 3.41. The Hall–Kier alpha value is -1.50. The normalized spacial score (nSPS) is 17.3. The van der Waals surface area contributed by atoms with Crippen molar-refractivity contribution in [2.45, 2.75) is 29.9 Å². The maximum Gasteiger partial charge on any atom is 0.460 e. The third-order valence-electron chi connectivity index (χ3n) is 2.01. The molecule has 0 aromatic rings. The lowest BCUT2D eigenvalue weighted by Gasteiger charge is -2.31. The van der Waals surface area contributed by atoms with Gasteiger partial charge in [0.25, 0.3) is 5.78 Å². The van der Waals surface area contributed by atoms with Crippen LogP contribution < -0.4 is 0 Å². The van der Waals surface area contributed by atoms with Gasteiger partial charge in [-0.2, -0.15) is 48.3 Å². The fourth-order valence-electron chi connectivity index (χ4n) is 0.866. The molecule has 0 radical (unpaired) electrons. The van der Waals surface area contributed by atoms with Gasteiger partial charge in [0.15, 0.2) is 0 Å². The van der Waals surface area contributed by atoms with Gasteiger partial charge < -0.3 is 0 Å². The zero-order chi connectivity index (χ0) is 17.7. The first-order valence-electron chi connectivity index (χ1n) is 4.18. The zero-order valence-electron chi connectivity index (χ0n) is 8.85. The van der Waals surface area contributed by atoms with Gasteiger partial charge in [-0.3, -0.25) is 9.59 Å². The minimum absolute atomic E-state index is 4.52. The number of Topliss-reactive ketones (excluding diaryl/α,β-unsaturated/α-hetero) is 1. The van der Waals surface area contributed by atoms with Crippen LogP contribution in [0.25, 0.3) is 0 Å². The van der Waals surface area contributed by atoms with Crippen molar-refractivity contribution in [3.63, 3.8) is 0 Å². The Morgan fingerprint density at radius 1 is 0.619 bits per heavy atom. The van der Waals surface area contributed by atoms with E-state index >= 15 is 0 Å². The number of alkyl halides is 11. The molecule has 0 amide bonds. The van der Waals surface area contributed by atoms with Gasteiger partial charge in [0.1, 0.15) is 0 Å². The molecule has 0 heterocycles. The van der Waals surface area contributed by atoms with E-state index in [1.54, 1.807) is 0 Å². The van der Waals surface area contributed by atoms with Crippen LogP contribution in [0.15, 0.2) is 0 Å². The van der Waals surface area contributed by atoms with Gasteiger partial charge in [0.2, 0.25) is 0 Å². The molecule has 0 aromatic carbocycles. The molecule has 0 aliphatic heterocycles. The van der Waals surface area contributed by atoms with Gasteiger partial charge in [-0.15, -0.1) is 0 Å². The van der Waals surface area contributed by atoms with Crippen LogP contribution in [0.3, 0.4) is 0 Å². The monoisotopic (exact) mass is 344 g/mol. The highest BCUT2D eigenvalue weighted by molar-refractivity contribution is 6.11. The van der Waals surface area contributed by atoms with E-state index in [2.05, 4.69) is 0 Å². The summed E-state index contributed by atoms with van der Waals surface area (Å²) in [5.41, 5.74) is -6.87. The Morgan fingerprint density at radius 3 is 1.14 bits per heavy atom. The third kappa shape index (κ3) is 2.66. The van der Waals surface area contributed by atoms with Crippen molar-refractivity contribution < 1.29 is 62.3 Å². The summed E-state index contributed by atoms with van der Waals surface area (Å²) in [4.78, 5) is 20.1. The topological polar surface area (TPSA) is 34.1 Å². The van der Waals surface area contributed by atoms with Crippen molar-refractivity contribution in [3.8, 4) is 0 Å². The van der Waals surface area contributed by atoms with E-state index in [-0.39, 0.29) is 0 Å². The summed E-state index contributed by atoms with van der Waals surface area (Å²) < 4.78 is 145. The van der Waals surface area contributed by atoms with Gasteiger partial charge in [-0.1, -0.05) is 0 Å². The van der Waals surface area contributed by atoms with Crippen LogP contribution in [0.1, 0.15) is 0 Å². The highest BCUT2D eigenvalue weighted by atomic mass is 19.4. The molecule has 1 atom stereocenters. The lowest BCUT2D eigenvalue weighted by molar-refractivity contribution is -0.348. The maximum atomic E-state index is 12.8. The van der Waals surface area contributed by atoms with E-state index in [1.807, 2.05) is 0 Å². The molecule has 14 heteroatoms. The second-order valence-corrected chi connectivity index (χ2v) is 3.41. The van der Waals surface area contributed by atoms with Crippen molar-refractivity contribution in [2.75, 3.05) is 0 Å². The van der Waals surface area contributed by atoms with Crippen molar-refractivity contribution >= 4 is 11.8 Å². The van der Waals surface area contributed by atoms with Crippen LogP contribution in [0.2, 0.25) is 0 Å². The molecule has 2 nitrogen and oxygen atoms in total. The predicted octanol–water partition coefficient (Wildman–Crippen LogP) is 3.16. The molecule has 0 aromatic heterocycles. The summed E-state index contributed by atoms with van der Waals surface area (Å²) in [5.74, 6) is -19.8. The largest absolute Gasteiger partial charge is 0.460 e. The Kier molecular flexibility index (Phi) is 4.42. The number of halogens is 12. The molecule has 0 fully saturated rings. The van der Waals surface area contributed by atoms with E-state index in [9.17, 15) is 62.3 Å². The molecule has 0 N–H and O–H groups in total. The minimum atomic E-state index is -7.48. The summed E-state index contributed by atoms with van der Waals surface area (Å²) in [6.45, 7) is 0. The van der Waals surface area contributed by atoms with Gasteiger partial charge in [0.05, 0.1) is 0 Å². The highest BCUT2D eigenvalue weighted by Crippen LogP contribution is 2.51. The Labute approximate surface area is 105 Å². The first-order chi connectivity index (χ1) is 8.85. The smallest absolute Gasteiger partial charge is 0.288 e. The quantitative estimate of drug-likeness (QED) is 0.446. The highest BCUT2D eigenvalue weighted by Gasteiger charge is 2.83. The number of ketones is 1. The molecule has 1 unspecified atom stereocenters. The Balaban J connectivity index is 6.18. The molecule has 0 bridgehead atoms. The number of hydrogen-bond acceptors (Lipinski definition) is 2. The lowest BCUT2D eigenvalue weighted by Crippen LogP contribution is -2.66.